The lowest BCUT2D eigenvalue weighted by atomic mass is 10.1. The fraction of sp³-hybridized carbons (Fsp3) is 0.357. The maximum Gasteiger partial charge on any atom is 0.229 e. The second-order valence-electron chi connectivity index (χ2n) is 10.6. The van der Waals surface area contributed by atoms with E-state index in [0.717, 1.165) is 35.6 Å². The molecule has 188 valence electrons. The van der Waals surface area contributed by atoms with Crippen molar-refractivity contribution in [1.29, 1.82) is 0 Å². The standard InChI is InChI=1S/C28H28ClN7O/c29-19-3-1-2-17(8-19)21-10-22(21)28(37)34-25-11-27(32-15-31-25)36-13-20(30)9-24(36)23-14-35-12-18(16-4-5-16)6-7-26(35)33-23/h1-3,6-8,11-12,14-16,20-22,24H,4-5,9-10,13,30H2,(H,31,32,34,37)/t20-,21-,22+,24-/m1/s1. The van der Waals surface area contributed by atoms with E-state index in [0.29, 0.717) is 23.3 Å². The highest BCUT2D eigenvalue weighted by molar-refractivity contribution is 6.30. The van der Waals surface area contributed by atoms with Gasteiger partial charge >= 0.3 is 0 Å². The third-order valence-corrected chi connectivity index (χ3v) is 8.05. The van der Waals surface area contributed by atoms with Crippen LogP contribution in [0.5, 0.6) is 0 Å². The number of amides is 1. The number of benzene rings is 1. The molecule has 3 fully saturated rings. The molecule has 1 aromatic carbocycles. The summed E-state index contributed by atoms with van der Waals surface area (Å²) in [6, 6.07) is 13.9. The first-order chi connectivity index (χ1) is 18.0. The highest BCUT2D eigenvalue weighted by Crippen LogP contribution is 2.48. The van der Waals surface area contributed by atoms with Gasteiger partial charge in [-0.25, -0.2) is 15.0 Å². The van der Waals surface area contributed by atoms with E-state index >= 15 is 0 Å². The van der Waals surface area contributed by atoms with E-state index in [1.807, 2.05) is 30.3 Å². The van der Waals surface area contributed by atoms with E-state index in [4.69, 9.17) is 22.3 Å². The van der Waals surface area contributed by atoms with Crippen molar-refractivity contribution in [2.45, 2.75) is 49.6 Å². The molecule has 4 aromatic rings. The molecule has 0 spiro atoms. The number of nitrogens with zero attached hydrogens (tertiary/aromatic N) is 5. The van der Waals surface area contributed by atoms with Gasteiger partial charge in [0, 0.05) is 42.0 Å². The van der Waals surface area contributed by atoms with E-state index in [2.05, 4.69) is 49.1 Å². The van der Waals surface area contributed by atoms with Gasteiger partial charge in [-0.2, -0.15) is 0 Å². The molecule has 8 nitrogen and oxygen atoms in total. The molecule has 9 heteroatoms. The molecule has 7 rings (SSSR count). The Balaban J connectivity index is 1.09. The molecule has 4 heterocycles. The number of aromatic nitrogens is 4. The van der Waals surface area contributed by atoms with Gasteiger partial charge in [-0.15, -0.1) is 0 Å². The van der Waals surface area contributed by atoms with Gasteiger partial charge in [0.15, 0.2) is 0 Å². The van der Waals surface area contributed by atoms with Crippen LogP contribution in [0.3, 0.4) is 0 Å². The number of pyridine rings is 1. The molecule has 2 saturated carbocycles. The molecule has 1 amide bonds. The minimum absolute atomic E-state index is 0.00775. The van der Waals surface area contributed by atoms with Gasteiger partial charge in [-0.1, -0.05) is 29.8 Å². The molecular weight excluding hydrogens is 486 g/mol. The number of nitrogens with one attached hydrogen (secondary N) is 1. The second kappa shape index (κ2) is 8.82. The van der Waals surface area contributed by atoms with Crippen molar-refractivity contribution in [3.8, 4) is 0 Å². The van der Waals surface area contributed by atoms with E-state index in [1.165, 1.54) is 24.7 Å². The first-order valence-corrected chi connectivity index (χ1v) is 13.3. The maximum atomic E-state index is 12.9. The lowest BCUT2D eigenvalue weighted by Crippen LogP contribution is -2.28. The van der Waals surface area contributed by atoms with Crippen LogP contribution >= 0.6 is 11.6 Å². The zero-order valence-electron chi connectivity index (χ0n) is 20.3. The SMILES string of the molecule is N[C@@H]1C[C@H](c2cn3cc(C4CC4)ccc3n2)N(c2cc(NC(=O)[C@H]3C[C@@H]3c3cccc(Cl)c3)ncn2)C1. The summed E-state index contributed by atoms with van der Waals surface area (Å²) in [6.07, 6.45) is 9.95. The molecule has 0 bridgehead atoms. The quantitative estimate of drug-likeness (QED) is 0.388. The van der Waals surface area contributed by atoms with Gasteiger partial charge < -0.3 is 20.4 Å². The molecule has 0 radical (unpaired) electrons. The van der Waals surface area contributed by atoms with Crippen LogP contribution in [0.1, 0.15) is 60.4 Å². The number of fused-ring (bicyclic) bond motifs is 1. The fourth-order valence-electron chi connectivity index (χ4n) is 5.63. The van der Waals surface area contributed by atoms with Gasteiger partial charge in [-0.05, 0) is 66.8 Å². The van der Waals surface area contributed by atoms with Crippen molar-refractivity contribution in [1.82, 2.24) is 19.4 Å². The van der Waals surface area contributed by atoms with Crippen molar-refractivity contribution < 1.29 is 4.79 Å². The molecule has 0 unspecified atom stereocenters. The van der Waals surface area contributed by atoms with Crippen LogP contribution < -0.4 is 16.0 Å². The molecule has 4 atom stereocenters. The third-order valence-electron chi connectivity index (χ3n) is 7.82. The summed E-state index contributed by atoms with van der Waals surface area (Å²) in [5.74, 6) is 2.00. The summed E-state index contributed by atoms with van der Waals surface area (Å²) in [5, 5.41) is 3.68. The Hall–Kier alpha value is -3.49. The van der Waals surface area contributed by atoms with Gasteiger partial charge in [-0.3, -0.25) is 4.79 Å². The molecular formula is C28H28ClN7O. The van der Waals surface area contributed by atoms with Gasteiger partial charge in [0.2, 0.25) is 5.91 Å². The highest BCUT2D eigenvalue weighted by Gasteiger charge is 2.44. The number of halogens is 1. The summed E-state index contributed by atoms with van der Waals surface area (Å²) < 4.78 is 2.13. The Morgan fingerprint density at radius 3 is 2.78 bits per heavy atom. The Labute approximate surface area is 219 Å². The third kappa shape index (κ3) is 4.45. The number of carbonyl (C=O) groups excluding carboxylic acids is 1. The Kier molecular flexibility index (Phi) is 5.41. The zero-order chi connectivity index (χ0) is 25.1. The second-order valence-corrected chi connectivity index (χ2v) is 11.0. The number of anilines is 2. The predicted molar refractivity (Wildman–Crippen MR) is 143 cm³/mol. The summed E-state index contributed by atoms with van der Waals surface area (Å²) in [5.41, 5.74) is 10.8. The van der Waals surface area contributed by atoms with Crippen molar-refractivity contribution in [2.24, 2.45) is 11.7 Å². The number of imidazole rings is 1. The van der Waals surface area contributed by atoms with Gasteiger partial charge in [0.1, 0.15) is 23.6 Å². The van der Waals surface area contributed by atoms with Crippen LogP contribution in [0.25, 0.3) is 5.65 Å². The first-order valence-electron chi connectivity index (χ1n) is 12.9. The summed E-state index contributed by atoms with van der Waals surface area (Å²) in [7, 11) is 0. The van der Waals surface area contributed by atoms with Crippen molar-refractivity contribution in [3.05, 3.63) is 83.0 Å². The summed E-state index contributed by atoms with van der Waals surface area (Å²) in [4.78, 5) is 28.9. The van der Waals surface area contributed by atoms with Gasteiger partial charge in [0.25, 0.3) is 0 Å². The Morgan fingerprint density at radius 1 is 1.05 bits per heavy atom. The molecule has 3 aromatic heterocycles. The van der Waals surface area contributed by atoms with Crippen LogP contribution in [0.2, 0.25) is 5.02 Å². The number of carbonyl (C=O) groups is 1. The number of nitrogens with two attached hydrogens (primary N) is 1. The van der Waals surface area contributed by atoms with Gasteiger partial charge in [0.05, 0.1) is 11.7 Å². The fourth-order valence-corrected chi connectivity index (χ4v) is 5.83. The average Bonchev–Trinajstić information content (AvgIpc) is 3.81. The number of hydrogen-bond donors (Lipinski definition) is 2. The largest absolute Gasteiger partial charge is 0.346 e. The van der Waals surface area contributed by atoms with Crippen molar-refractivity contribution >= 4 is 34.8 Å². The minimum Gasteiger partial charge on any atom is -0.346 e. The Morgan fingerprint density at radius 2 is 1.95 bits per heavy atom. The van der Waals surface area contributed by atoms with E-state index in [-0.39, 0.29) is 29.8 Å². The average molecular weight is 514 g/mol. The summed E-state index contributed by atoms with van der Waals surface area (Å²) >= 11 is 6.13. The molecule has 2 aliphatic carbocycles. The topological polar surface area (TPSA) is 101 Å². The van der Waals surface area contributed by atoms with E-state index < -0.39 is 0 Å². The molecule has 37 heavy (non-hydrogen) atoms. The minimum atomic E-state index is -0.0802. The van der Waals surface area contributed by atoms with Crippen LogP contribution in [0.15, 0.2) is 61.2 Å². The monoisotopic (exact) mass is 513 g/mol. The van der Waals surface area contributed by atoms with Crippen LogP contribution in [0, 0.1) is 5.92 Å². The lowest BCUT2D eigenvalue weighted by Gasteiger charge is -2.24. The van der Waals surface area contributed by atoms with Crippen molar-refractivity contribution in [2.75, 3.05) is 16.8 Å². The van der Waals surface area contributed by atoms with E-state index in [1.54, 1.807) is 0 Å². The van der Waals surface area contributed by atoms with Crippen LogP contribution in [-0.2, 0) is 4.79 Å². The Bertz CT molecular complexity index is 1500. The summed E-state index contributed by atoms with van der Waals surface area (Å²) in [6.45, 7) is 0.662. The smallest absolute Gasteiger partial charge is 0.229 e. The number of hydrogen-bond acceptors (Lipinski definition) is 6. The van der Waals surface area contributed by atoms with Crippen molar-refractivity contribution in [3.63, 3.8) is 0 Å². The molecule has 1 saturated heterocycles. The molecule has 3 N–H and O–H groups in total. The van der Waals surface area contributed by atoms with Crippen LogP contribution in [-0.4, -0.2) is 37.8 Å². The molecule has 3 aliphatic rings. The predicted octanol–water partition coefficient (Wildman–Crippen LogP) is 4.68. The lowest BCUT2D eigenvalue weighted by molar-refractivity contribution is -0.117. The highest BCUT2D eigenvalue weighted by atomic mass is 35.5. The van der Waals surface area contributed by atoms with Crippen LogP contribution in [0.4, 0.5) is 11.6 Å². The normalized spacial score (nSPS) is 25.0. The number of rotatable bonds is 6. The maximum absolute atomic E-state index is 12.9. The molecule has 1 aliphatic heterocycles. The first kappa shape index (κ1) is 22.7. The zero-order valence-corrected chi connectivity index (χ0v) is 21.1. The van der Waals surface area contributed by atoms with E-state index in [9.17, 15) is 4.79 Å².